The molecule has 3 rings (SSSR count). The first kappa shape index (κ1) is 11.5. The van der Waals surface area contributed by atoms with E-state index in [1.165, 1.54) is 0 Å². The molecule has 1 N–H and O–H groups in total. The van der Waals surface area contributed by atoms with E-state index in [2.05, 4.69) is 27.9 Å². The van der Waals surface area contributed by atoms with Gasteiger partial charge in [-0.05, 0) is 46.9 Å². The van der Waals surface area contributed by atoms with Crippen LogP contribution in [0.15, 0.2) is 48.5 Å². The second kappa shape index (κ2) is 4.61. The fraction of sp³-hybridized carbons (Fsp3) is 0.0714. The Kier molecular flexibility index (Phi) is 2.95. The average Bonchev–Trinajstić information content (AvgIpc) is 2.39. The zero-order chi connectivity index (χ0) is 12.5. The van der Waals surface area contributed by atoms with Gasteiger partial charge in [0.1, 0.15) is 5.75 Å². The summed E-state index contributed by atoms with van der Waals surface area (Å²) in [7, 11) is 0. The Balaban J connectivity index is 1.97. The lowest BCUT2D eigenvalue weighted by Gasteiger charge is -2.27. The third kappa shape index (κ3) is 2.08. The highest BCUT2D eigenvalue weighted by molar-refractivity contribution is 14.1. The minimum atomic E-state index is -0.415. The van der Waals surface area contributed by atoms with Crippen molar-refractivity contribution in [1.29, 1.82) is 0 Å². The van der Waals surface area contributed by atoms with Crippen LogP contribution in [0.4, 0.5) is 0 Å². The first-order chi connectivity index (χ1) is 8.74. The van der Waals surface area contributed by atoms with Crippen molar-refractivity contribution in [3.05, 3.63) is 63.2 Å². The lowest BCUT2D eigenvalue weighted by molar-refractivity contribution is 0.0756. The molecular weight excluding hydrogens is 341 g/mol. The number of nitrogens with one attached hydrogen (secondary N) is 1. The van der Waals surface area contributed by atoms with Gasteiger partial charge in [-0.3, -0.25) is 4.79 Å². The van der Waals surface area contributed by atoms with Crippen molar-refractivity contribution in [3.8, 4) is 5.75 Å². The summed E-state index contributed by atoms with van der Waals surface area (Å²) >= 11 is 2.24. The van der Waals surface area contributed by atoms with Gasteiger partial charge < -0.3 is 10.1 Å². The molecular formula is C14H10INO2. The van der Waals surface area contributed by atoms with Gasteiger partial charge in [0.15, 0.2) is 6.23 Å². The molecule has 0 unspecified atom stereocenters. The van der Waals surface area contributed by atoms with E-state index in [4.69, 9.17) is 4.74 Å². The number of ether oxygens (including phenoxy) is 1. The summed E-state index contributed by atoms with van der Waals surface area (Å²) in [6.45, 7) is 0. The predicted molar refractivity (Wildman–Crippen MR) is 76.4 cm³/mol. The molecule has 1 aliphatic rings. The van der Waals surface area contributed by atoms with E-state index in [1.54, 1.807) is 6.07 Å². The maximum atomic E-state index is 12.0. The number of para-hydroxylation sites is 1. The largest absolute Gasteiger partial charge is 0.466 e. The number of halogens is 1. The topological polar surface area (TPSA) is 38.3 Å². The van der Waals surface area contributed by atoms with Gasteiger partial charge in [0, 0.05) is 9.13 Å². The van der Waals surface area contributed by atoms with Crippen LogP contribution in [-0.2, 0) is 0 Å². The van der Waals surface area contributed by atoms with Crippen LogP contribution >= 0.6 is 22.6 Å². The third-order valence-corrected chi connectivity index (χ3v) is 3.46. The fourth-order valence-corrected chi connectivity index (χ4v) is 2.50. The summed E-state index contributed by atoms with van der Waals surface area (Å²) in [4.78, 5) is 12.0. The smallest absolute Gasteiger partial charge is 0.258 e. The minimum Gasteiger partial charge on any atom is -0.466 e. The Morgan fingerprint density at radius 2 is 1.94 bits per heavy atom. The molecule has 0 fully saturated rings. The first-order valence-electron chi connectivity index (χ1n) is 5.56. The molecule has 1 amide bonds. The van der Waals surface area contributed by atoms with Crippen LogP contribution in [-0.4, -0.2) is 5.91 Å². The van der Waals surface area contributed by atoms with E-state index < -0.39 is 6.23 Å². The number of amides is 1. The summed E-state index contributed by atoms with van der Waals surface area (Å²) in [5.74, 6) is 0.533. The normalized spacial score (nSPS) is 17.6. The second-order valence-corrected chi connectivity index (χ2v) is 5.27. The molecule has 90 valence electrons. The predicted octanol–water partition coefficient (Wildman–Crippen LogP) is 3.11. The molecule has 0 radical (unpaired) electrons. The Labute approximate surface area is 118 Å². The van der Waals surface area contributed by atoms with Gasteiger partial charge in [-0.2, -0.15) is 0 Å². The summed E-state index contributed by atoms with van der Waals surface area (Å²) in [5, 5.41) is 2.85. The van der Waals surface area contributed by atoms with E-state index in [0.717, 1.165) is 9.13 Å². The Morgan fingerprint density at radius 1 is 1.11 bits per heavy atom. The molecule has 2 aromatic rings. The summed E-state index contributed by atoms with van der Waals surface area (Å²) < 4.78 is 6.92. The van der Waals surface area contributed by atoms with Gasteiger partial charge in [-0.15, -0.1) is 0 Å². The van der Waals surface area contributed by atoms with Gasteiger partial charge in [0.25, 0.3) is 5.91 Å². The molecule has 1 atom stereocenters. The van der Waals surface area contributed by atoms with Crippen LogP contribution in [0.3, 0.4) is 0 Å². The maximum Gasteiger partial charge on any atom is 0.258 e. The minimum absolute atomic E-state index is 0.0966. The molecule has 0 bridgehead atoms. The molecule has 0 aromatic heterocycles. The number of fused-ring (bicyclic) bond motifs is 1. The number of rotatable bonds is 1. The van der Waals surface area contributed by atoms with E-state index in [1.807, 2.05) is 42.5 Å². The number of benzene rings is 2. The number of carbonyl (C=O) groups excluding carboxylic acids is 1. The fourth-order valence-electron chi connectivity index (χ4n) is 1.93. The van der Waals surface area contributed by atoms with Crippen LogP contribution in [0.5, 0.6) is 5.75 Å². The Hall–Kier alpha value is -1.56. The van der Waals surface area contributed by atoms with Gasteiger partial charge in [-0.1, -0.05) is 24.3 Å². The summed E-state index contributed by atoms with van der Waals surface area (Å²) in [6, 6.07) is 15.2. The quantitative estimate of drug-likeness (QED) is 0.802. The standard InChI is InChI=1S/C14H10INO2/c15-10-5-3-4-9(8-10)14-16-13(17)11-6-1-2-7-12(11)18-14/h1-8,14H,(H,16,17)/t14-/m0/s1. The van der Waals surface area contributed by atoms with Crippen LogP contribution < -0.4 is 10.1 Å². The molecule has 0 spiro atoms. The SMILES string of the molecule is O=C1N[C@H](c2cccc(I)c2)Oc2ccccc21. The molecule has 0 aliphatic carbocycles. The van der Waals surface area contributed by atoms with E-state index in [0.29, 0.717) is 11.3 Å². The van der Waals surface area contributed by atoms with Crippen molar-refractivity contribution < 1.29 is 9.53 Å². The molecule has 1 heterocycles. The first-order valence-corrected chi connectivity index (χ1v) is 6.64. The number of hydrogen-bond acceptors (Lipinski definition) is 2. The van der Waals surface area contributed by atoms with Crippen LogP contribution in [0.2, 0.25) is 0 Å². The Bertz CT molecular complexity index is 612. The lowest BCUT2D eigenvalue weighted by Crippen LogP contribution is -2.36. The lowest BCUT2D eigenvalue weighted by atomic mass is 10.1. The molecule has 3 nitrogen and oxygen atoms in total. The van der Waals surface area contributed by atoms with E-state index in [9.17, 15) is 4.79 Å². The zero-order valence-electron chi connectivity index (χ0n) is 9.39. The number of hydrogen-bond donors (Lipinski definition) is 1. The van der Waals surface area contributed by atoms with Crippen LogP contribution in [0.25, 0.3) is 0 Å². The van der Waals surface area contributed by atoms with E-state index >= 15 is 0 Å². The summed E-state index contributed by atoms with van der Waals surface area (Å²) in [5.41, 5.74) is 1.53. The molecule has 1 aliphatic heterocycles. The van der Waals surface area contributed by atoms with Gasteiger partial charge in [-0.25, -0.2) is 0 Å². The maximum absolute atomic E-state index is 12.0. The van der Waals surface area contributed by atoms with Crippen molar-refractivity contribution >= 4 is 28.5 Å². The van der Waals surface area contributed by atoms with E-state index in [-0.39, 0.29) is 5.91 Å². The van der Waals surface area contributed by atoms with Gasteiger partial charge in [0.2, 0.25) is 0 Å². The Morgan fingerprint density at radius 3 is 2.78 bits per heavy atom. The molecule has 18 heavy (non-hydrogen) atoms. The van der Waals surface area contributed by atoms with Gasteiger partial charge in [0.05, 0.1) is 5.56 Å². The zero-order valence-corrected chi connectivity index (χ0v) is 11.5. The molecule has 0 saturated carbocycles. The van der Waals surface area contributed by atoms with Gasteiger partial charge >= 0.3 is 0 Å². The monoisotopic (exact) mass is 351 g/mol. The second-order valence-electron chi connectivity index (χ2n) is 4.02. The van der Waals surface area contributed by atoms with Crippen LogP contribution in [0, 0.1) is 3.57 Å². The third-order valence-electron chi connectivity index (χ3n) is 2.79. The molecule has 0 saturated heterocycles. The average molecular weight is 351 g/mol. The highest BCUT2D eigenvalue weighted by atomic mass is 127. The highest BCUT2D eigenvalue weighted by Gasteiger charge is 2.25. The van der Waals surface area contributed by atoms with Crippen LogP contribution in [0.1, 0.15) is 22.1 Å². The highest BCUT2D eigenvalue weighted by Crippen LogP contribution is 2.29. The van der Waals surface area contributed by atoms with Crippen molar-refractivity contribution in [2.24, 2.45) is 0 Å². The molecule has 2 aromatic carbocycles. The molecule has 4 heteroatoms. The number of carbonyl (C=O) groups is 1. The van der Waals surface area contributed by atoms with Crippen molar-refractivity contribution in [3.63, 3.8) is 0 Å². The van der Waals surface area contributed by atoms with Crippen molar-refractivity contribution in [2.45, 2.75) is 6.23 Å². The van der Waals surface area contributed by atoms with Crippen molar-refractivity contribution in [1.82, 2.24) is 5.32 Å². The summed E-state index contributed by atoms with van der Waals surface area (Å²) in [6.07, 6.45) is -0.415. The van der Waals surface area contributed by atoms with Crippen molar-refractivity contribution in [2.75, 3.05) is 0 Å².